The quantitative estimate of drug-likeness (QED) is 0.903. The molecule has 1 unspecified atom stereocenters. The maximum absolute atomic E-state index is 11.9. The Labute approximate surface area is 127 Å². The average molecular weight is 287 g/mol. The fourth-order valence-corrected chi connectivity index (χ4v) is 3.97. The van der Waals surface area contributed by atoms with Gasteiger partial charge >= 0.3 is 5.97 Å². The third-order valence-electron chi connectivity index (χ3n) is 5.33. The molecule has 0 bridgehead atoms. The SMILES string of the molecule is CC1(C)CCC(N2CCc3ccccc3C2C(=O)O)CC1. The van der Waals surface area contributed by atoms with Gasteiger partial charge in [0.05, 0.1) is 0 Å². The molecule has 1 aliphatic heterocycles. The monoisotopic (exact) mass is 287 g/mol. The number of aliphatic carboxylic acids is 1. The molecule has 1 aromatic carbocycles. The first kappa shape index (κ1) is 14.6. The van der Waals surface area contributed by atoms with E-state index >= 15 is 0 Å². The molecule has 0 amide bonds. The number of hydrogen-bond donors (Lipinski definition) is 1. The highest BCUT2D eigenvalue weighted by Crippen LogP contribution is 2.41. The largest absolute Gasteiger partial charge is 0.480 e. The van der Waals surface area contributed by atoms with Crippen molar-refractivity contribution in [2.24, 2.45) is 5.41 Å². The van der Waals surface area contributed by atoms with Crippen molar-refractivity contribution in [3.63, 3.8) is 0 Å². The summed E-state index contributed by atoms with van der Waals surface area (Å²) in [6.45, 7) is 5.52. The van der Waals surface area contributed by atoms with Crippen LogP contribution in [0.4, 0.5) is 0 Å². The molecule has 3 rings (SSSR count). The second-order valence-electron chi connectivity index (χ2n) is 7.32. The summed E-state index contributed by atoms with van der Waals surface area (Å²) in [6.07, 6.45) is 5.61. The van der Waals surface area contributed by atoms with E-state index in [2.05, 4.69) is 24.8 Å². The Bertz CT molecular complexity index is 528. The fraction of sp³-hybridized carbons (Fsp3) is 0.611. The summed E-state index contributed by atoms with van der Waals surface area (Å²) in [5, 5.41) is 9.75. The lowest BCUT2D eigenvalue weighted by molar-refractivity contribution is -0.145. The third-order valence-corrected chi connectivity index (χ3v) is 5.33. The van der Waals surface area contributed by atoms with Crippen LogP contribution < -0.4 is 0 Å². The van der Waals surface area contributed by atoms with Crippen molar-refractivity contribution in [1.82, 2.24) is 4.90 Å². The Morgan fingerprint density at radius 3 is 2.57 bits per heavy atom. The predicted octanol–water partition coefficient (Wildman–Crippen LogP) is 3.64. The van der Waals surface area contributed by atoms with Gasteiger partial charge in [0.1, 0.15) is 6.04 Å². The van der Waals surface area contributed by atoms with E-state index < -0.39 is 12.0 Å². The van der Waals surface area contributed by atoms with Gasteiger partial charge in [-0.1, -0.05) is 38.1 Å². The summed E-state index contributed by atoms with van der Waals surface area (Å²) in [6, 6.07) is 8.01. The van der Waals surface area contributed by atoms with E-state index in [0.29, 0.717) is 11.5 Å². The summed E-state index contributed by atoms with van der Waals surface area (Å²) in [7, 11) is 0. The maximum Gasteiger partial charge on any atom is 0.325 e. The standard InChI is InChI=1S/C18H25NO2/c1-18(2)10-7-14(8-11-18)19-12-9-13-5-3-4-6-15(13)16(19)17(20)21/h3-6,14,16H,7-12H2,1-2H3,(H,20,21). The smallest absolute Gasteiger partial charge is 0.325 e. The molecule has 2 aliphatic rings. The number of benzene rings is 1. The van der Waals surface area contributed by atoms with Crippen LogP contribution in [0.3, 0.4) is 0 Å². The number of carboxylic acid groups (broad SMARTS) is 1. The summed E-state index contributed by atoms with van der Waals surface area (Å²) in [4.78, 5) is 14.1. The van der Waals surface area contributed by atoms with E-state index in [1.54, 1.807) is 0 Å². The molecule has 3 heteroatoms. The van der Waals surface area contributed by atoms with Gasteiger partial charge in [0.15, 0.2) is 0 Å². The van der Waals surface area contributed by atoms with E-state index in [4.69, 9.17) is 0 Å². The second-order valence-corrected chi connectivity index (χ2v) is 7.32. The van der Waals surface area contributed by atoms with Gasteiger partial charge in [-0.05, 0) is 48.6 Å². The molecule has 0 spiro atoms. The zero-order valence-corrected chi connectivity index (χ0v) is 13.0. The topological polar surface area (TPSA) is 40.5 Å². The molecule has 114 valence electrons. The first-order chi connectivity index (χ1) is 9.98. The van der Waals surface area contributed by atoms with Gasteiger partial charge in [-0.15, -0.1) is 0 Å². The summed E-state index contributed by atoms with van der Waals surface area (Å²) in [5.41, 5.74) is 2.63. The van der Waals surface area contributed by atoms with E-state index in [9.17, 15) is 9.90 Å². The molecule has 0 radical (unpaired) electrons. The number of nitrogens with zero attached hydrogens (tertiary/aromatic N) is 1. The van der Waals surface area contributed by atoms with Crippen molar-refractivity contribution in [1.29, 1.82) is 0 Å². The Morgan fingerprint density at radius 2 is 1.90 bits per heavy atom. The zero-order valence-electron chi connectivity index (χ0n) is 13.0. The first-order valence-electron chi connectivity index (χ1n) is 8.04. The first-order valence-corrected chi connectivity index (χ1v) is 8.04. The van der Waals surface area contributed by atoms with Crippen LogP contribution in [0, 0.1) is 5.41 Å². The predicted molar refractivity (Wildman–Crippen MR) is 83.3 cm³/mol. The Balaban J connectivity index is 1.85. The van der Waals surface area contributed by atoms with Crippen molar-refractivity contribution in [2.75, 3.05) is 6.54 Å². The number of carboxylic acids is 1. The molecule has 1 saturated carbocycles. The van der Waals surface area contributed by atoms with Gasteiger partial charge in [-0.3, -0.25) is 9.69 Å². The molecule has 1 heterocycles. The number of carbonyl (C=O) groups is 1. The van der Waals surface area contributed by atoms with Crippen LogP contribution in [-0.4, -0.2) is 28.6 Å². The highest BCUT2D eigenvalue weighted by Gasteiger charge is 2.39. The Morgan fingerprint density at radius 1 is 1.24 bits per heavy atom. The lowest BCUT2D eigenvalue weighted by Gasteiger charge is -2.44. The Kier molecular flexibility index (Phi) is 3.78. The highest BCUT2D eigenvalue weighted by molar-refractivity contribution is 5.76. The Hall–Kier alpha value is -1.35. The minimum absolute atomic E-state index is 0.420. The van der Waals surface area contributed by atoms with Crippen molar-refractivity contribution >= 4 is 5.97 Å². The van der Waals surface area contributed by atoms with Gasteiger partial charge in [-0.25, -0.2) is 0 Å². The average Bonchev–Trinajstić information content (AvgIpc) is 2.46. The van der Waals surface area contributed by atoms with Crippen LogP contribution in [-0.2, 0) is 11.2 Å². The second kappa shape index (κ2) is 5.45. The van der Waals surface area contributed by atoms with Crippen molar-refractivity contribution in [3.8, 4) is 0 Å². The molecule has 3 nitrogen and oxygen atoms in total. The van der Waals surface area contributed by atoms with Gasteiger partial charge in [0, 0.05) is 12.6 Å². The van der Waals surface area contributed by atoms with Crippen LogP contribution in [0.15, 0.2) is 24.3 Å². The number of fused-ring (bicyclic) bond motifs is 1. The molecule has 1 aromatic rings. The number of hydrogen-bond acceptors (Lipinski definition) is 2. The highest BCUT2D eigenvalue weighted by atomic mass is 16.4. The zero-order chi connectivity index (χ0) is 15.0. The molecule has 1 aliphatic carbocycles. The van der Waals surface area contributed by atoms with Gasteiger partial charge in [-0.2, -0.15) is 0 Å². The molecular weight excluding hydrogens is 262 g/mol. The van der Waals surface area contributed by atoms with E-state index in [0.717, 1.165) is 31.4 Å². The van der Waals surface area contributed by atoms with Crippen molar-refractivity contribution < 1.29 is 9.90 Å². The fourth-order valence-electron chi connectivity index (χ4n) is 3.97. The van der Waals surface area contributed by atoms with Gasteiger partial charge in [0.2, 0.25) is 0 Å². The van der Waals surface area contributed by atoms with E-state index in [1.165, 1.54) is 18.4 Å². The van der Waals surface area contributed by atoms with Crippen LogP contribution in [0.5, 0.6) is 0 Å². The van der Waals surface area contributed by atoms with E-state index in [-0.39, 0.29) is 0 Å². The maximum atomic E-state index is 11.9. The van der Waals surface area contributed by atoms with Crippen LogP contribution in [0.2, 0.25) is 0 Å². The molecule has 21 heavy (non-hydrogen) atoms. The lowest BCUT2D eigenvalue weighted by Crippen LogP contribution is -2.47. The normalized spacial score (nSPS) is 26.3. The molecule has 0 aromatic heterocycles. The van der Waals surface area contributed by atoms with Gasteiger partial charge in [0.25, 0.3) is 0 Å². The van der Waals surface area contributed by atoms with Crippen molar-refractivity contribution in [2.45, 2.75) is 58.0 Å². The number of rotatable bonds is 2. The van der Waals surface area contributed by atoms with Crippen molar-refractivity contribution in [3.05, 3.63) is 35.4 Å². The van der Waals surface area contributed by atoms with E-state index in [1.807, 2.05) is 18.2 Å². The van der Waals surface area contributed by atoms with Crippen LogP contribution in [0.25, 0.3) is 0 Å². The molecular formula is C18H25NO2. The summed E-state index contributed by atoms with van der Waals surface area (Å²) >= 11 is 0. The third kappa shape index (κ3) is 2.84. The summed E-state index contributed by atoms with van der Waals surface area (Å²) in [5.74, 6) is -0.702. The summed E-state index contributed by atoms with van der Waals surface area (Å²) < 4.78 is 0. The minimum Gasteiger partial charge on any atom is -0.480 e. The van der Waals surface area contributed by atoms with Crippen LogP contribution >= 0.6 is 0 Å². The molecule has 1 N–H and O–H groups in total. The lowest BCUT2D eigenvalue weighted by atomic mass is 9.74. The molecule has 1 atom stereocenters. The van der Waals surface area contributed by atoms with Gasteiger partial charge < -0.3 is 5.11 Å². The molecule has 1 fully saturated rings. The van der Waals surface area contributed by atoms with Crippen LogP contribution in [0.1, 0.15) is 56.7 Å². The minimum atomic E-state index is -0.702. The molecule has 0 saturated heterocycles.